The van der Waals surface area contributed by atoms with E-state index in [2.05, 4.69) is 15.6 Å². The van der Waals surface area contributed by atoms with Crippen LogP contribution in [0.4, 0.5) is 10.1 Å². The summed E-state index contributed by atoms with van der Waals surface area (Å²) in [5.41, 5.74) is 1.62. The third-order valence-electron chi connectivity index (χ3n) is 3.21. The molecule has 106 valence electrons. The van der Waals surface area contributed by atoms with Gasteiger partial charge in [-0.15, -0.1) is 0 Å². The van der Waals surface area contributed by atoms with Gasteiger partial charge in [0.05, 0.1) is 12.1 Å². The van der Waals surface area contributed by atoms with Crippen LogP contribution in [-0.4, -0.2) is 24.8 Å². The summed E-state index contributed by atoms with van der Waals surface area (Å²) < 4.78 is 13.5. The second kappa shape index (κ2) is 5.75. The molecular formula is C16H14FN3O. The third kappa shape index (κ3) is 2.91. The number of halogens is 1. The molecular weight excluding hydrogens is 269 g/mol. The lowest BCUT2D eigenvalue weighted by molar-refractivity contribution is 0.102. The third-order valence-corrected chi connectivity index (χ3v) is 3.21. The zero-order chi connectivity index (χ0) is 14.7. The summed E-state index contributed by atoms with van der Waals surface area (Å²) in [5.74, 6) is -0.129. The maximum absolute atomic E-state index is 13.5. The number of hydrogen-bond donors (Lipinski definition) is 2. The Hall–Kier alpha value is -2.69. The Morgan fingerprint density at radius 2 is 1.90 bits per heavy atom. The highest BCUT2D eigenvalue weighted by molar-refractivity contribution is 6.05. The summed E-state index contributed by atoms with van der Waals surface area (Å²) in [5, 5.41) is 5.86. The van der Waals surface area contributed by atoms with Gasteiger partial charge < -0.3 is 10.6 Å². The molecule has 0 bridgehead atoms. The second-order valence-corrected chi connectivity index (χ2v) is 4.67. The Balaban J connectivity index is 1.73. The van der Waals surface area contributed by atoms with Crippen molar-refractivity contribution in [2.75, 3.05) is 18.4 Å². The molecule has 5 heteroatoms. The standard InChI is InChI=1S/C16H14FN3O/c17-14-4-2-1-3-13(14)16(21)20-12-7-5-11(6-8-12)15-18-9-10-19-15/h1-8H,9-10H2,(H,18,19)(H,20,21). The number of hydrogen-bond acceptors (Lipinski definition) is 3. The average molecular weight is 283 g/mol. The monoisotopic (exact) mass is 283 g/mol. The summed E-state index contributed by atoms with van der Waals surface area (Å²) in [7, 11) is 0. The zero-order valence-electron chi connectivity index (χ0n) is 11.3. The van der Waals surface area contributed by atoms with Crippen molar-refractivity contribution in [3.63, 3.8) is 0 Å². The van der Waals surface area contributed by atoms with Gasteiger partial charge in [0.15, 0.2) is 0 Å². The van der Waals surface area contributed by atoms with Crippen LogP contribution in [0.3, 0.4) is 0 Å². The van der Waals surface area contributed by atoms with E-state index in [1.54, 1.807) is 24.3 Å². The molecule has 2 aromatic carbocycles. The molecule has 21 heavy (non-hydrogen) atoms. The highest BCUT2D eigenvalue weighted by Crippen LogP contribution is 2.14. The van der Waals surface area contributed by atoms with E-state index in [0.717, 1.165) is 24.5 Å². The van der Waals surface area contributed by atoms with E-state index in [1.807, 2.05) is 12.1 Å². The lowest BCUT2D eigenvalue weighted by atomic mass is 10.1. The van der Waals surface area contributed by atoms with E-state index in [4.69, 9.17) is 0 Å². The van der Waals surface area contributed by atoms with Gasteiger partial charge in [0.2, 0.25) is 0 Å². The second-order valence-electron chi connectivity index (χ2n) is 4.67. The largest absolute Gasteiger partial charge is 0.368 e. The summed E-state index contributed by atoms with van der Waals surface area (Å²) >= 11 is 0. The molecule has 3 rings (SSSR count). The highest BCUT2D eigenvalue weighted by atomic mass is 19.1. The number of nitrogens with one attached hydrogen (secondary N) is 2. The van der Waals surface area contributed by atoms with E-state index in [1.165, 1.54) is 12.1 Å². The molecule has 2 N–H and O–H groups in total. The number of anilines is 1. The normalized spacial score (nSPS) is 13.5. The van der Waals surface area contributed by atoms with Gasteiger partial charge >= 0.3 is 0 Å². The van der Waals surface area contributed by atoms with Gasteiger partial charge in [0, 0.05) is 17.8 Å². The maximum atomic E-state index is 13.5. The van der Waals surface area contributed by atoms with Crippen molar-refractivity contribution in [2.24, 2.45) is 4.99 Å². The molecule has 4 nitrogen and oxygen atoms in total. The van der Waals surface area contributed by atoms with Gasteiger partial charge in [-0.3, -0.25) is 9.79 Å². The van der Waals surface area contributed by atoms with E-state index in [0.29, 0.717) is 5.69 Å². The summed E-state index contributed by atoms with van der Waals surface area (Å²) in [4.78, 5) is 16.3. The van der Waals surface area contributed by atoms with Gasteiger partial charge in [-0.05, 0) is 36.4 Å². The molecule has 1 heterocycles. The van der Waals surface area contributed by atoms with Crippen LogP contribution in [0.2, 0.25) is 0 Å². The fourth-order valence-corrected chi connectivity index (χ4v) is 2.15. The van der Waals surface area contributed by atoms with Crippen LogP contribution in [-0.2, 0) is 0 Å². The first-order chi connectivity index (χ1) is 10.2. The minimum absolute atomic E-state index is 0.0309. The fourth-order valence-electron chi connectivity index (χ4n) is 2.15. The SMILES string of the molecule is O=C(Nc1ccc(C2=NCCN2)cc1)c1ccccc1F. The smallest absolute Gasteiger partial charge is 0.258 e. The number of nitrogens with zero attached hydrogens (tertiary/aromatic N) is 1. The van der Waals surface area contributed by atoms with Gasteiger partial charge in [0.25, 0.3) is 5.91 Å². The van der Waals surface area contributed by atoms with E-state index in [9.17, 15) is 9.18 Å². The predicted octanol–water partition coefficient (Wildman–Crippen LogP) is 2.43. The number of aliphatic imine (C=N–C) groups is 1. The fraction of sp³-hybridized carbons (Fsp3) is 0.125. The summed E-state index contributed by atoms with van der Waals surface area (Å²) in [6.45, 7) is 1.63. The average Bonchev–Trinajstić information content (AvgIpc) is 3.02. The topological polar surface area (TPSA) is 53.5 Å². The molecule has 2 aromatic rings. The zero-order valence-corrected chi connectivity index (χ0v) is 11.3. The van der Waals surface area contributed by atoms with Gasteiger partial charge in [-0.1, -0.05) is 12.1 Å². The molecule has 0 radical (unpaired) electrons. The van der Waals surface area contributed by atoms with Crippen LogP contribution in [0.15, 0.2) is 53.5 Å². The Bertz CT molecular complexity index is 695. The lowest BCUT2D eigenvalue weighted by Crippen LogP contribution is -2.19. The minimum atomic E-state index is -0.531. The van der Waals surface area contributed by atoms with Crippen LogP contribution < -0.4 is 10.6 Å². The molecule has 0 atom stereocenters. The molecule has 0 fully saturated rings. The minimum Gasteiger partial charge on any atom is -0.368 e. The van der Waals surface area contributed by atoms with Crippen LogP contribution in [0.25, 0.3) is 0 Å². The van der Waals surface area contributed by atoms with Crippen molar-refractivity contribution >= 4 is 17.4 Å². The predicted molar refractivity (Wildman–Crippen MR) is 80.2 cm³/mol. The number of amides is 1. The molecule has 1 amide bonds. The molecule has 1 aliphatic heterocycles. The molecule has 0 spiro atoms. The van der Waals surface area contributed by atoms with Gasteiger partial charge in [-0.2, -0.15) is 0 Å². The Labute approximate surface area is 121 Å². The molecule has 0 aromatic heterocycles. The number of amidine groups is 1. The van der Waals surface area contributed by atoms with Crippen molar-refractivity contribution < 1.29 is 9.18 Å². The molecule has 0 unspecified atom stereocenters. The maximum Gasteiger partial charge on any atom is 0.258 e. The van der Waals surface area contributed by atoms with Crippen molar-refractivity contribution in [3.8, 4) is 0 Å². The molecule has 0 saturated heterocycles. The van der Waals surface area contributed by atoms with Crippen molar-refractivity contribution in [1.29, 1.82) is 0 Å². The lowest BCUT2D eigenvalue weighted by Gasteiger charge is -2.07. The van der Waals surface area contributed by atoms with Gasteiger partial charge in [-0.25, -0.2) is 4.39 Å². The number of rotatable bonds is 3. The molecule has 0 saturated carbocycles. The van der Waals surface area contributed by atoms with E-state index >= 15 is 0 Å². The quantitative estimate of drug-likeness (QED) is 0.909. The molecule has 1 aliphatic rings. The van der Waals surface area contributed by atoms with Crippen molar-refractivity contribution in [3.05, 3.63) is 65.5 Å². The van der Waals surface area contributed by atoms with E-state index in [-0.39, 0.29) is 5.56 Å². The van der Waals surface area contributed by atoms with E-state index < -0.39 is 11.7 Å². The van der Waals surface area contributed by atoms with Crippen LogP contribution >= 0.6 is 0 Å². The van der Waals surface area contributed by atoms with Crippen LogP contribution in [0.1, 0.15) is 15.9 Å². The Morgan fingerprint density at radius 1 is 1.14 bits per heavy atom. The Kier molecular flexibility index (Phi) is 3.64. The van der Waals surface area contributed by atoms with Crippen molar-refractivity contribution in [1.82, 2.24) is 5.32 Å². The summed E-state index contributed by atoms with van der Waals surface area (Å²) in [6, 6.07) is 13.2. The molecule has 0 aliphatic carbocycles. The summed E-state index contributed by atoms with van der Waals surface area (Å²) in [6.07, 6.45) is 0. The first-order valence-electron chi connectivity index (χ1n) is 6.69. The first-order valence-corrected chi connectivity index (χ1v) is 6.69. The first kappa shape index (κ1) is 13.3. The number of carbonyl (C=O) groups excluding carboxylic acids is 1. The van der Waals surface area contributed by atoms with Gasteiger partial charge in [0.1, 0.15) is 11.7 Å². The van der Waals surface area contributed by atoms with Crippen LogP contribution in [0, 0.1) is 5.82 Å². The number of carbonyl (C=O) groups is 1. The number of benzene rings is 2. The Morgan fingerprint density at radius 3 is 2.57 bits per heavy atom. The van der Waals surface area contributed by atoms with Crippen molar-refractivity contribution in [2.45, 2.75) is 0 Å². The van der Waals surface area contributed by atoms with Crippen LogP contribution in [0.5, 0.6) is 0 Å². The highest BCUT2D eigenvalue weighted by Gasteiger charge is 2.12.